The molecule has 3 aliphatic carbocycles. The van der Waals surface area contributed by atoms with E-state index in [2.05, 4.69) is 18.0 Å². The van der Waals surface area contributed by atoms with E-state index in [9.17, 15) is 15.3 Å². The van der Waals surface area contributed by atoms with Crippen LogP contribution in [0.5, 0.6) is 0 Å². The van der Waals surface area contributed by atoms with Crippen LogP contribution in [0.1, 0.15) is 44.6 Å². The summed E-state index contributed by atoms with van der Waals surface area (Å²) in [5, 5.41) is 33.5. The minimum atomic E-state index is -2.48. The third kappa shape index (κ3) is 2.67. The van der Waals surface area contributed by atoms with Crippen LogP contribution >= 0.6 is 0 Å². The molecule has 2 spiro atoms. The Balaban J connectivity index is 1.32. The molecule has 1 saturated carbocycles. The molecule has 3 fully saturated rings. The first-order valence-electron chi connectivity index (χ1n) is 13.1. The fraction of sp³-hybridized carbons (Fsp3) is 0.607. The molecule has 5 N–H and O–H groups in total. The quantitative estimate of drug-likeness (QED) is 0.454. The molecule has 8 nitrogen and oxygen atoms in total. The Morgan fingerprint density at radius 1 is 1.16 bits per heavy atom. The van der Waals surface area contributed by atoms with Crippen LogP contribution in [0.15, 0.2) is 40.3 Å². The van der Waals surface area contributed by atoms with Gasteiger partial charge in [0.25, 0.3) is 6.01 Å². The highest BCUT2D eigenvalue weighted by atomic mass is 19.1. The number of oxazole rings is 1. The zero-order valence-electron chi connectivity index (χ0n) is 21.3. The number of nitrogen functional groups attached to an aromatic ring is 1. The van der Waals surface area contributed by atoms with Crippen molar-refractivity contribution in [2.75, 3.05) is 19.8 Å². The predicted molar refractivity (Wildman–Crippen MR) is 135 cm³/mol. The highest BCUT2D eigenvalue weighted by molar-refractivity contribution is 5.83. The van der Waals surface area contributed by atoms with Gasteiger partial charge in [-0.2, -0.15) is 4.98 Å². The van der Waals surface area contributed by atoms with Crippen molar-refractivity contribution < 1.29 is 28.9 Å². The second-order valence-electron chi connectivity index (χ2n) is 12.2. The van der Waals surface area contributed by atoms with Crippen molar-refractivity contribution in [2.24, 2.45) is 11.3 Å². The van der Waals surface area contributed by atoms with E-state index in [1.165, 1.54) is 5.57 Å². The maximum absolute atomic E-state index is 17.0. The van der Waals surface area contributed by atoms with E-state index in [-0.39, 0.29) is 23.8 Å². The van der Waals surface area contributed by atoms with Gasteiger partial charge in [0.1, 0.15) is 23.3 Å². The van der Waals surface area contributed by atoms with E-state index in [1.807, 2.05) is 38.4 Å². The number of halogens is 1. The van der Waals surface area contributed by atoms with Gasteiger partial charge in [0.05, 0.1) is 11.7 Å². The summed E-state index contributed by atoms with van der Waals surface area (Å²) in [6.07, 6.45) is 2.01. The summed E-state index contributed by atoms with van der Waals surface area (Å²) in [6.45, 7) is 2.22. The first-order valence-corrected chi connectivity index (χ1v) is 13.1. The maximum Gasteiger partial charge on any atom is 0.292 e. The van der Waals surface area contributed by atoms with Gasteiger partial charge in [0.15, 0.2) is 11.3 Å². The molecule has 1 aromatic carbocycles. The smallest absolute Gasteiger partial charge is 0.292 e. The monoisotopic (exact) mass is 511 g/mol. The number of anilines is 1. The summed E-state index contributed by atoms with van der Waals surface area (Å²) in [7, 11) is 3.61. The first kappa shape index (κ1) is 23.8. The SMILES string of the molecule is CN(C)C1CC23CCC4(O2)C(=CCC2(C)C(c5ccc6oc(N)nc6c5)=CCC24)C(O)C3(F)C(O)C1O. The number of hydrogen-bond donors (Lipinski definition) is 4. The molecule has 9 unspecified atom stereocenters. The van der Waals surface area contributed by atoms with Crippen molar-refractivity contribution >= 4 is 22.7 Å². The number of benzene rings is 1. The number of aliphatic hydroxyl groups excluding tert-OH is 3. The molecule has 2 aromatic rings. The third-order valence-electron chi connectivity index (χ3n) is 10.5. The number of likely N-dealkylation sites (N-methyl/N-ethyl adjacent to an activating group) is 1. The van der Waals surface area contributed by atoms with Crippen LogP contribution in [0.4, 0.5) is 10.4 Å². The molecule has 0 radical (unpaired) electrons. The topological polar surface area (TPSA) is 125 Å². The van der Waals surface area contributed by atoms with Gasteiger partial charge < -0.3 is 35.1 Å². The van der Waals surface area contributed by atoms with Crippen molar-refractivity contribution in [3.8, 4) is 0 Å². The lowest BCUT2D eigenvalue weighted by atomic mass is 9.55. The lowest BCUT2D eigenvalue weighted by Crippen LogP contribution is -2.78. The number of fused-ring (bicyclic) bond motifs is 2. The number of alkyl halides is 1. The Morgan fingerprint density at radius 2 is 1.95 bits per heavy atom. The van der Waals surface area contributed by atoms with E-state index in [0.29, 0.717) is 35.9 Å². The molecule has 2 saturated heterocycles. The molecular weight excluding hydrogens is 477 g/mol. The number of allylic oxidation sites excluding steroid dienone is 3. The van der Waals surface area contributed by atoms with Crippen molar-refractivity contribution in [1.82, 2.24) is 9.88 Å². The molecule has 0 amide bonds. The number of rotatable bonds is 2. The largest absolute Gasteiger partial charge is 0.424 e. The van der Waals surface area contributed by atoms with Crippen LogP contribution in [0.2, 0.25) is 0 Å². The van der Waals surface area contributed by atoms with Gasteiger partial charge in [-0.1, -0.05) is 25.1 Å². The summed E-state index contributed by atoms with van der Waals surface area (Å²) in [5.74, 6) is -0.00607. The molecule has 2 aliphatic heterocycles. The van der Waals surface area contributed by atoms with Gasteiger partial charge in [0.2, 0.25) is 0 Å². The number of hydrogen-bond acceptors (Lipinski definition) is 8. The van der Waals surface area contributed by atoms with Crippen LogP contribution < -0.4 is 5.73 Å². The molecule has 5 aliphatic rings. The van der Waals surface area contributed by atoms with Gasteiger partial charge in [-0.05, 0) is 75.0 Å². The summed E-state index contributed by atoms with van der Waals surface area (Å²) in [4.78, 5) is 6.10. The van der Waals surface area contributed by atoms with Crippen LogP contribution in [0.3, 0.4) is 0 Å². The molecule has 2 bridgehead atoms. The average molecular weight is 512 g/mol. The van der Waals surface area contributed by atoms with Gasteiger partial charge in [-0.15, -0.1) is 0 Å². The number of aliphatic hydroxyl groups is 3. The molecule has 7 rings (SSSR count). The zero-order valence-corrected chi connectivity index (χ0v) is 21.3. The average Bonchev–Trinajstić information content (AvgIpc) is 3.51. The van der Waals surface area contributed by atoms with E-state index < -0.39 is 41.2 Å². The van der Waals surface area contributed by atoms with E-state index in [1.54, 1.807) is 4.90 Å². The molecule has 198 valence electrons. The van der Waals surface area contributed by atoms with Gasteiger partial charge in [-0.25, -0.2) is 4.39 Å². The van der Waals surface area contributed by atoms with Crippen molar-refractivity contribution in [3.05, 3.63) is 41.5 Å². The zero-order chi connectivity index (χ0) is 26.1. The molecule has 9 heteroatoms. The number of ether oxygens (including phenoxy) is 1. The normalized spacial score (nSPS) is 46.4. The first-order chi connectivity index (χ1) is 17.5. The van der Waals surface area contributed by atoms with Crippen molar-refractivity contribution in [3.63, 3.8) is 0 Å². The summed E-state index contributed by atoms with van der Waals surface area (Å²) in [5.41, 5.74) is 4.82. The van der Waals surface area contributed by atoms with Gasteiger partial charge in [0, 0.05) is 17.4 Å². The van der Waals surface area contributed by atoms with Gasteiger partial charge >= 0.3 is 0 Å². The highest BCUT2D eigenvalue weighted by Gasteiger charge is 2.79. The lowest BCUT2D eigenvalue weighted by Gasteiger charge is -2.62. The molecule has 1 aromatic heterocycles. The Bertz CT molecular complexity index is 1370. The Labute approximate surface area is 214 Å². The molecule has 3 heterocycles. The minimum absolute atomic E-state index is 0.00607. The number of nitrogens with two attached hydrogens (primary N) is 1. The Hall–Kier alpha value is -2.30. The van der Waals surface area contributed by atoms with E-state index in [0.717, 1.165) is 12.0 Å². The maximum atomic E-state index is 17.0. The fourth-order valence-electron chi connectivity index (χ4n) is 8.64. The standard InChI is InChI=1S/C28H34FN3O5/c1-25-9-8-16-22(34)28(29)23(35)21(33)18(32(2)3)13-26(28)10-11-27(16,37-26)20(25)7-5-15(25)14-4-6-19-17(12-14)31-24(30)36-19/h4-6,8,12,18,20-23,33-35H,7,9-11,13H2,1-3H3,(H2,30,31). The second-order valence-corrected chi connectivity index (χ2v) is 12.2. The molecule has 9 atom stereocenters. The highest BCUT2D eigenvalue weighted by Crippen LogP contribution is 2.70. The predicted octanol–water partition coefficient (Wildman–Crippen LogP) is 2.58. The minimum Gasteiger partial charge on any atom is -0.424 e. The summed E-state index contributed by atoms with van der Waals surface area (Å²) < 4.78 is 29.4. The summed E-state index contributed by atoms with van der Waals surface area (Å²) >= 11 is 0. The number of aromatic nitrogens is 1. The van der Waals surface area contributed by atoms with Crippen LogP contribution in [-0.4, -0.2) is 80.5 Å². The molecule has 37 heavy (non-hydrogen) atoms. The van der Waals surface area contributed by atoms with Crippen molar-refractivity contribution in [2.45, 2.75) is 80.3 Å². The second kappa shape index (κ2) is 7.21. The summed E-state index contributed by atoms with van der Waals surface area (Å²) in [6, 6.07) is 5.54. The lowest BCUT2D eigenvalue weighted by molar-refractivity contribution is -0.308. The Morgan fingerprint density at radius 3 is 2.70 bits per heavy atom. The fourth-order valence-corrected chi connectivity index (χ4v) is 8.64. The number of nitrogens with zero attached hydrogens (tertiary/aromatic N) is 2. The third-order valence-corrected chi connectivity index (χ3v) is 10.5. The van der Waals surface area contributed by atoms with Crippen LogP contribution in [0.25, 0.3) is 16.7 Å². The van der Waals surface area contributed by atoms with Crippen molar-refractivity contribution in [1.29, 1.82) is 0 Å². The van der Waals surface area contributed by atoms with E-state index in [4.69, 9.17) is 14.9 Å². The van der Waals surface area contributed by atoms with Crippen LogP contribution in [-0.2, 0) is 4.74 Å². The van der Waals surface area contributed by atoms with Gasteiger partial charge in [-0.3, -0.25) is 0 Å². The molecular formula is C28H34FN3O5. The van der Waals surface area contributed by atoms with E-state index >= 15 is 4.39 Å². The van der Waals surface area contributed by atoms with Crippen LogP contribution in [0, 0.1) is 11.3 Å². The Kier molecular flexibility index (Phi) is 4.64.